The van der Waals surface area contributed by atoms with Crippen LogP contribution in [0.4, 0.5) is 0 Å². The summed E-state index contributed by atoms with van der Waals surface area (Å²) < 4.78 is 58.9. The van der Waals surface area contributed by atoms with Gasteiger partial charge in [-0.25, -0.2) is 4.18 Å². The zero-order chi connectivity index (χ0) is 40.4. The van der Waals surface area contributed by atoms with Gasteiger partial charge in [-0.2, -0.15) is 8.42 Å². The Kier molecular flexibility index (Phi) is 32.1. The van der Waals surface area contributed by atoms with Crippen molar-refractivity contribution in [2.75, 3.05) is 26.4 Å². The third-order valence-electron chi connectivity index (χ3n) is 9.47. The Morgan fingerprint density at radius 1 is 0.691 bits per heavy atom. The fourth-order valence-corrected chi connectivity index (χ4v) is 6.74. The fourth-order valence-electron chi connectivity index (χ4n) is 6.23. The highest BCUT2D eigenvalue weighted by atomic mass is 32.3. The van der Waals surface area contributed by atoms with Gasteiger partial charge in [0.05, 0.1) is 19.8 Å². The number of esters is 1. The second kappa shape index (κ2) is 34.4. The maximum Gasteiger partial charge on any atom is 0.397 e. The van der Waals surface area contributed by atoms with E-state index in [4.69, 9.17) is 23.5 Å². The molecule has 55 heavy (non-hydrogen) atoms. The van der Waals surface area contributed by atoms with Crippen LogP contribution in [0, 0.1) is 0 Å². The molecule has 0 aliphatic carbocycles. The molecule has 322 valence electrons. The fraction of sp³-hybridized carbons (Fsp3) is 0.833. The van der Waals surface area contributed by atoms with Crippen LogP contribution in [0.15, 0.2) is 36.5 Å². The molecule has 1 heterocycles. The van der Waals surface area contributed by atoms with Crippen molar-refractivity contribution < 1.29 is 56.2 Å². The van der Waals surface area contributed by atoms with Gasteiger partial charge in [0.15, 0.2) is 6.29 Å². The molecule has 0 amide bonds. The molecule has 4 N–H and O–H groups in total. The highest BCUT2D eigenvalue weighted by Crippen LogP contribution is 2.26. The van der Waals surface area contributed by atoms with Crippen molar-refractivity contribution in [3.8, 4) is 0 Å². The van der Waals surface area contributed by atoms with Crippen molar-refractivity contribution >= 4 is 16.4 Å². The van der Waals surface area contributed by atoms with Gasteiger partial charge in [0.25, 0.3) is 0 Å². The van der Waals surface area contributed by atoms with Crippen LogP contribution >= 0.6 is 0 Å². The summed E-state index contributed by atoms with van der Waals surface area (Å²) in [6.07, 6.45) is 28.9. The van der Waals surface area contributed by atoms with Crippen molar-refractivity contribution in [2.45, 2.75) is 198 Å². The van der Waals surface area contributed by atoms with Gasteiger partial charge in [0.1, 0.15) is 30.5 Å². The summed E-state index contributed by atoms with van der Waals surface area (Å²) in [4.78, 5) is 12.8. The molecule has 13 heteroatoms. The van der Waals surface area contributed by atoms with E-state index >= 15 is 0 Å². The summed E-state index contributed by atoms with van der Waals surface area (Å²) in [5, 5.41) is 30.6. The van der Waals surface area contributed by atoms with Gasteiger partial charge in [-0.05, 0) is 64.2 Å². The van der Waals surface area contributed by atoms with E-state index in [0.717, 1.165) is 83.5 Å². The molecular weight excluding hydrogens is 729 g/mol. The van der Waals surface area contributed by atoms with E-state index < -0.39 is 59.8 Å². The lowest BCUT2D eigenvalue weighted by molar-refractivity contribution is -0.301. The molecular formula is C42H76O12S. The molecule has 6 atom stereocenters. The number of rotatable bonds is 36. The molecule has 12 nitrogen and oxygen atoms in total. The van der Waals surface area contributed by atoms with Gasteiger partial charge >= 0.3 is 16.4 Å². The highest BCUT2D eigenvalue weighted by Gasteiger charge is 2.48. The minimum absolute atomic E-state index is 0.0256. The van der Waals surface area contributed by atoms with E-state index in [1.807, 2.05) is 0 Å². The summed E-state index contributed by atoms with van der Waals surface area (Å²) >= 11 is 0. The summed E-state index contributed by atoms with van der Waals surface area (Å²) in [5.41, 5.74) is 0. The van der Waals surface area contributed by atoms with Gasteiger partial charge in [-0.1, -0.05) is 127 Å². The maximum absolute atomic E-state index is 12.8. The van der Waals surface area contributed by atoms with Crippen LogP contribution in [-0.2, 0) is 38.3 Å². The molecule has 1 rings (SSSR count). The number of ether oxygens (including phenoxy) is 4. The number of carbonyl (C=O) groups excluding carboxylic acids is 1. The van der Waals surface area contributed by atoms with Crippen LogP contribution in [0.5, 0.6) is 0 Å². The Labute approximate surface area is 333 Å². The quantitative estimate of drug-likeness (QED) is 0.0207. The number of hydrogen-bond donors (Lipinski definition) is 4. The van der Waals surface area contributed by atoms with E-state index in [9.17, 15) is 28.5 Å². The molecule has 6 unspecified atom stereocenters. The van der Waals surface area contributed by atoms with Crippen LogP contribution in [0.1, 0.15) is 162 Å². The van der Waals surface area contributed by atoms with Crippen molar-refractivity contribution in [1.82, 2.24) is 0 Å². The lowest BCUT2D eigenvalue weighted by Gasteiger charge is -2.41. The molecule has 1 aliphatic heterocycles. The van der Waals surface area contributed by atoms with Crippen molar-refractivity contribution in [3.05, 3.63) is 36.5 Å². The maximum atomic E-state index is 12.8. The number of aliphatic hydroxyl groups excluding tert-OH is 3. The Morgan fingerprint density at radius 3 is 1.82 bits per heavy atom. The normalized spacial score (nSPS) is 21.3. The van der Waals surface area contributed by atoms with E-state index in [-0.39, 0.29) is 19.6 Å². The molecule has 0 aromatic heterocycles. The summed E-state index contributed by atoms with van der Waals surface area (Å²) in [6, 6.07) is 0. The smallest absolute Gasteiger partial charge is 0.397 e. The number of unbranched alkanes of at least 4 members (excludes halogenated alkanes) is 17. The largest absolute Gasteiger partial charge is 0.457 e. The van der Waals surface area contributed by atoms with Crippen LogP contribution in [-0.4, -0.2) is 97.5 Å². The minimum Gasteiger partial charge on any atom is -0.457 e. The zero-order valence-corrected chi connectivity index (χ0v) is 34.8. The zero-order valence-electron chi connectivity index (χ0n) is 34.0. The average molecular weight is 805 g/mol. The van der Waals surface area contributed by atoms with E-state index in [1.54, 1.807) is 0 Å². The highest BCUT2D eigenvalue weighted by molar-refractivity contribution is 7.80. The standard InChI is InChI=1S/C42H76O12S/c1-3-5-7-9-11-13-15-17-19-21-23-25-27-29-31-38(44)52-36(34-50-32-30-28-26-24-22-20-18-16-14-12-10-8-6-4-2)35-51-42-40(46)41(54-55(47,48)49)39(45)37(33-43)53-42/h8,10,14-17,36-37,39-43,45-46H,3-7,9,11-13,18-35H2,1-2H3,(H,47,48,49)/b10-8-,16-14-,17-15-. The lowest BCUT2D eigenvalue weighted by atomic mass is 9.99. The molecule has 0 saturated carbocycles. The van der Waals surface area contributed by atoms with Gasteiger partial charge in [0.2, 0.25) is 0 Å². The first-order valence-electron chi connectivity index (χ1n) is 21.2. The molecule has 0 radical (unpaired) electrons. The Hall–Kier alpha value is -1.68. The van der Waals surface area contributed by atoms with Crippen molar-refractivity contribution in [2.24, 2.45) is 0 Å². The second-order valence-electron chi connectivity index (χ2n) is 14.6. The van der Waals surface area contributed by atoms with Crippen molar-refractivity contribution in [1.29, 1.82) is 0 Å². The van der Waals surface area contributed by atoms with Crippen LogP contribution in [0.25, 0.3) is 0 Å². The molecule has 1 fully saturated rings. The number of aliphatic hydroxyl groups is 3. The minimum atomic E-state index is -5.06. The first kappa shape index (κ1) is 51.3. The van der Waals surface area contributed by atoms with E-state index in [2.05, 4.69) is 54.5 Å². The summed E-state index contributed by atoms with van der Waals surface area (Å²) in [6.45, 7) is 3.87. The van der Waals surface area contributed by atoms with E-state index in [1.165, 1.54) is 51.4 Å². The number of hydrogen-bond acceptors (Lipinski definition) is 11. The van der Waals surface area contributed by atoms with Gasteiger partial charge < -0.3 is 34.3 Å². The number of carbonyl (C=O) groups is 1. The van der Waals surface area contributed by atoms with Crippen molar-refractivity contribution in [3.63, 3.8) is 0 Å². The summed E-state index contributed by atoms with van der Waals surface area (Å²) in [5.74, 6) is -0.414. The predicted octanol–water partition coefficient (Wildman–Crippen LogP) is 8.24. The first-order chi connectivity index (χ1) is 26.6. The first-order valence-corrected chi connectivity index (χ1v) is 22.6. The molecule has 0 spiro atoms. The molecule has 0 aromatic carbocycles. The van der Waals surface area contributed by atoms with E-state index in [0.29, 0.717) is 13.0 Å². The van der Waals surface area contributed by atoms with Crippen LogP contribution in [0.3, 0.4) is 0 Å². The Morgan fingerprint density at radius 2 is 1.24 bits per heavy atom. The second-order valence-corrected chi connectivity index (χ2v) is 15.6. The molecule has 0 bridgehead atoms. The average Bonchev–Trinajstić information content (AvgIpc) is 3.15. The molecule has 1 aliphatic rings. The van der Waals surface area contributed by atoms with Gasteiger partial charge in [-0.15, -0.1) is 0 Å². The van der Waals surface area contributed by atoms with Gasteiger partial charge in [0, 0.05) is 13.0 Å². The Balaban J connectivity index is 2.48. The SMILES string of the molecule is CCC/C=C\C/C=C\CCCCCCCCOCC(COC1OC(CO)C(O)C(OS(=O)(=O)O)C1O)OC(=O)CCCCCCC/C=C\CCCCCCC. The third-order valence-corrected chi connectivity index (χ3v) is 9.93. The predicted molar refractivity (Wildman–Crippen MR) is 216 cm³/mol. The van der Waals surface area contributed by atoms with Crippen LogP contribution < -0.4 is 0 Å². The summed E-state index contributed by atoms with van der Waals surface area (Å²) in [7, 11) is -5.06. The molecule has 1 saturated heterocycles. The van der Waals surface area contributed by atoms with Gasteiger partial charge in [-0.3, -0.25) is 9.35 Å². The lowest BCUT2D eigenvalue weighted by Crippen LogP contribution is -2.60. The Bertz CT molecular complexity index is 1110. The monoisotopic (exact) mass is 805 g/mol. The van der Waals surface area contributed by atoms with Crippen LogP contribution in [0.2, 0.25) is 0 Å². The molecule has 0 aromatic rings. The third kappa shape index (κ3) is 28.4. The number of allylic oxidation sites excluding steroid dienone is 6. The topological polar surface area (TPSA) is 178 Å².